The van der Waals surface area contributed by atoms with Crippen molar-refractivity contribution in [2.45, 2.75) is 44.1 Å². The summed E-state index contributed by atoms with van der Waals surface area (Å²) in [4.78, 5) is 0. The molecule has 0 amide bonds. The van der Waals surface area contributed by atoms with E-state index in [0.29, 0.717) is 39.1 Å². The molecule has 1 saturated carbocycles. The third-order valence-corrected chi connectivity index (χ3v) is 5.80. The van der Waals surface area contributed by atoms with E-state index in [-0.39, 0.29) is 5.84 Å². The number of hydrogen-bond donors (Lipinski definition) is 3. The van der Waals surface area contributed by atoms with Crippen molar-refractivity contribution in [1.82, 2.24) is 9.03 Å². The van der Waals surface area contributed by atoms with Crippen LogP contribution >= 0.6 is 0 Å². The quantitative estimate of drug-likeness (QED) is 0.391. The van der Waals surface area contributed by atoms with Crippen molar-refractivity contribution in [3.8, 4) is 0 Å². The lowest BCUT2D eigenvalue weighted by Gasteiger charge is -2.35. The Kier molecular flexibility index (Phi) is 5.00. The summed E-state index contributed by atoms with van der Waals surface area (Å²) < 4.78 is 34.2. The predicted molar refractivity (Wildman–Crippen MR) is 76.8 cm³/mol. The van der Waals surface area contributed by atoms with Crippen molar-refractivity contribution in [3.05, 3.63) is 0 Å². The van der Waals surface area contributed by atoms with E-state index < -0.39 is 15.7 Å². The van der Waals surface area contributed by atoms with Gasteiger partial charge in [-0.15, -0.1) is 0 Å². The molecule has 0 aromatic rings. The Bertz CT molecular complexity index is 438. The Balaban J connectivity index is 2.16. The van der Waals surface area contributed by atoms with Gasteiger partial charge >= 0.3 is 0 Å². The fraction of sp³-hybridized carbons (Fsp3) is 0.917. The minimum absolute atomic E-state index is 0.0729. The smallest absolute Gasteiger partial charge is 0.280 e. The highest BCUT2D eigenvalue weighted by Crippen LogP contribution is 2.28. The van der Waals surface area contributed by atoms with Crippen LogP contribution in [0.3, 0.4) is 0 Å². The molecule has 8 heteroatoms. The third kappa shape index (κ3) is 3.49. The van der Waals surface area contributed by atoms with Crippen LogP contribution in [0, 0.1) is 5.41 Å². The summed E-state index contributed by atoms with van der Waals surface area (Å²) in [6, 6.07) is 0. The van der Waals surface area contributed by atoms with E-state index in [0.717, 1.165) is 25.7 Å². The zero-order valence-electron chi connectivity index (χ0n) is 11.7. The Labute approximate surface area is 120 Å². The largest absolute Gasteiger partial charge is 0.386 e. The lowest BCUT2D eigenvalue weighted by atomic mass is 9.90. The molecule has 1 saturated heterocycles. The van der Waals surface area contributed by atoms with Gasteiger partial charge in [-0.05, 0) is 12.8 Å². The number of nitrogens with one attached hydrogen (secondary N) is 2. The summed E-state index contributed by atoms with van der Waals surface area (Å²) in [5, 5.41) is 7.84. The van der Waals surface area contributed by atoms with Crippen molar-refractivity contribution in [1.29, 1.82) is 5.41 Å². The maximum atomic E-state index is 12.5. The Morgan fingerprint density at radius 2 is 1.70 bits per heavy atom. The van der Waals surface area contributed by atoms with Gasteiger partial charge in [0.05, 0.1) is 18.8 Å². The van der Waals surface area contributed by atoms with Crippen molar-refractivity contribution in [2.75, 3.05) is 26.3 Å². The van der Waals surface area contributed by atoms with Gasteiger partial charge in [0.2, 0.25) is 0 Å². The molecule has 2 aliphatic rings. The highest BCUT2D eigenvalue weighted by molar-refractivity contribution is 7.87. The molecule has 0 spiro atoms. The lowest BCUT2D eigenvalue weighted by molar-refractivity contribution is 0.0721. The highest BCUT2D eigenvalue weighted by atomic mass is 32.2. The van der Waals surface area contributed by atoms with Gasteiger partial charge < -0.3 is 10.5 Å². The van der Waals surface area contributed by atoms with Crippen molar-refractivity contribution < 1.29 is 13.2 Å². The lowest BCUT2D eigenvalue weighted by Crippen LogP contribution is -2.60. The fourth-order valence-corrected chi connectivity index (χ4v) is 4.42. The molecule has 0 bridgehead atoms. The number of morpholine rings is 1. The number of nitrogens with zero attached hydrogens (tertiary/aromatic N) is 1. The first-order chi connectivity index (χ1) is 9.46. The average Bonchev–Trinajstić information content (AvgIpc) is 2.66. The molecular weight excluding hydrogens is 280 g/mol. The number of amidine groups is 1. The van der Waals surface area contributed by atoms with Gasteiger partial charge in [-0.3, -0.25) is 5.41 Å². The standard InChI is InChI=1S/C12H24N4O3S/c13-11(14)12(5-3-1-2-4-6-12)15-20(17,18)16-7-9-19-10-8-16/h15H,1-10H2,(H3,13,14). The first-order valence-corrected chi connectivity index (χ1v) is 8.62. The van der Waals surface area contributed by atoms with Gasteiger partial charge in [0, 0.05) is 13.1 Å². The number of nitrogens with two attached hydrogens (primary N) is 1. The SMILES string of the molecule is N=C(N)C1(NS(=O)(=O)N2CCOCC2)CCCCCC1. The number of ether oxygens (including phenoxy) is 1. The minimum atomic E-state index is -3.62. The molecule has 20 heavy (non-hydrogen) atoms. The first kappa shape index (κ1) is 15.7. The molecule has 0 aromatic heterocycles. The van der Waals surface area contributed by atoms with Gasteiger partial charge in [-0.2, -0.15) is 17.4 Å². The van der Waals surface area contributed by atoms with E-state index in [1.165, 1.54) is 4.31 Å². The van der Waals surface area contributed by atoms with E-state index in [1.807, 2.05) is 0 Å². The predicted octanol–water partition coefficient (Wildman–Crippen LogP) is 0.182. The van der Waals surface area contributed by atoms with Gasteiger partial charge in [-0.25, -0.2) is 0 Å². The molecule has 0 atom stereocenters. The van der Waals surface area contributed by atoms with Crippen molar-refractivity contribution in [2.24, 2.45) is 5.73 Å². The molecule has 1 heterocycles. The summed E-state index contributed by atoms with van der Waals surface area (Å²) in [7, 11) is -3.62. The minimum Gasteiger partial charge on any atom is -0.386 e. The van der Waals surface area contributed by atoms with Crippen LogP contribution in [0.4, 0.5) is 0 Å². The zero-order valence-corrected chi connectivity index (χ0v) is 12.5. The van der Waals surface area contributed by atoms with Crippen LogP contribution in [0.25, 0.3) is 0 Å². The van der Waals surface area contributed by atoms with Crippen LogP contribution < -0.4 is 10.5 Å². The third-order valence-electron chi connectivity index (χ3n) is 4.11. The zero-order chi connectivity index (χ0) is 14.6. The molecule has 2 rings (SSSR count). The molecule has 1 aliphatic heterocycles. The molecular formula is C12H24N4O3S. The summed E-state index contributed by atoms with van der Waals surface area (Å²) in [6.45, 7) is 1.52. The topological polar surface area (TPSA) is 109 Å². The normalized spacial score (nSPS) is 25.0. The molecule has 0 radical (unpaired) electrons. The summed E-state index contributed by atoms with van der Waals surface area (Å²) in [5.74, 6) is -0.0729. The van der Waals surface area contributed by atoms with E-state index in [2.05, 4.69) is 4.72 Å². The van der Waals surface area contributed by atoms with Gasteiger partial charge in [0.15, 0.2) is 0 Å². The molecule has 116 valence electrons. The highest BCUT2D eigenvalue weighted by Gasteiger charge is 2.40. The van der Waals surface area contributed by atoms with Crippen molar-refractivity contribution >= 4 is 16.0 Å². The van der Waals surface area contributed by atoms with Gasteiger partial charge in [0.25, 0.3) is 10.2 Å². The van der Waals surface area contributed by atoms with Gasteiger partial charge in [-0.1, -0.05) is 25.7 Å². The molecule has 1 aliphatic carbocycles. The average molecular weight is 304 g/mol. The second-order valence-electron chi connectivity index (χ2n) is 5.53. The van der Waals surface area contributed by atoms with Gasteiger partial charge in [0.1, 0.15) is 5.84 Å². The maximum Gasteiger partial charge on any atom is 0.280 e. The molecule has 2 fully saturated rings. The van der Waals surface area contributed by atoms with Crippen LogP contribution in [0.2, 0.25) is 0 Å². The first-order valence-electron chi connectivity index (χ1n) is 7.18. The Morgan fingerprint density at radius 1 is 1.15 bits per heavy atom. The van der Waals surface area contributed by atoms with Crippen LogP contribution in [0.15, 0.2) is 0 Å². The second kappa shape index (κ2) is 6.38. The van der Waals surface area contributed by atoms with Crippen LogP contribution in [0.5, 0.6) is 0 Å². The van der Waals surface area contributed by atoms with Crippen molar-refractivity contribution in [3.63, 3.8) is 0 Å². The maximum absolute atomic E-state index is 12.5. The van der Waals surface area contributed by atoms with E-state index in [9.17, 15) is 8.42 Å². The Morgan fingerprint density at radius 3 is 2.20 bits per heavy atom. The summed E-state index contributed by atoms with van der Waals surface area (Å²) in [5.41, 5.74) is 4.81. The molecule has 7 nitrogen and oxygen atoms in total. The molecule has 4 N–H and O–H groups in total. The van der Waals surface area contributed by atoms with Crippen LogP contribution in [-0.2, 0) is 14.9 Å². The Hall–Kier alpha value is -0.700. The monoisotopic (exact) mass is 304 g/mol. The van der Waals surface area contributed by atoms with Crippen LogP contribution in [-0.4, -0.2) is 50.4 Å². The fourth-order valence-electron chi connectivity index (χ4n) is 2.86. The summed E-state index contributed by atoms with van der Waals surface area (Å²) in [6.07, 6.45) is 5.12. The van der Waals surface area contributed by atoms with Crippen LogP contribution in [0.1, 0.15) is 38.5 Å². The molecule has 0 aromatic carbocycles. The van der Waals surface area contributed by atoms with E-state index >= 15 is 0 Å². The number of hydrogen-bond acceptors (Lipinski definition) is 4. The molecule has 0 unspecified atom stereocenters. The second-order valence-corrected chi connectivity index (χ2v) is 7.20. The number of rotatable bonds is 4. The van der Waals surface area contributed by atoms with E-state index in [4.69, 9.17) is 15.9 Å². The summed E-state index contributed by atoms with van der Waals surface area (Å²) >= 11 is 0. The van der Waals surface area contributed by atoms with E-state index in [1.54, 1.807) is 0 Å².